The van der Waals surface area contributed by atoms with Crippen molar-refractivity contribution in [3.05, 3.63) is 0 Å². The van der Waals surface area contributed by atoms with Gasteiger partial charge in [0.05, 0.1) is 7.11 Å². The number of hydrogen-bond donors (Lipinski definition) is 2. The highest BCUT2D eigenvalue weighted by Crippen LogP contribution is 1.90. The first kappa shape index (κ1) is 9.25. The molecule has 0 rings (SSSR count). The van der Waals surface area contributed by atoms with E-state index in [1.807, 2.05) is 5.48 Å². The summed E-state index contributed by atoms with van der Waals surface area (Å²) in [4.78, 5) is 18.1. The minimum atomic E-state index is -0.602. The second-order valence-corrected chi connectivity index (χ2v) is 2.09. The maximum atomic E-state index is 10.5. The second-order valence-electron chi connectivity index (χ2n) is 1.27. The van der Waals surface area contributed by atoms with Crippen LogP contribution in [0.1, 0.15) is 0 Å². The number of rotatable bonds is 1. The SMILES string of the molecule is CONC(=O)/N=C(\N)SC. The number of hydroxylamine groups is 1. The molecule has 0 saturated carbocycles. The van der Waals surface area contributed by atoms with Crippen molar-refractivity contribution in [3.63, 3.8) is 0 Å². The fraction of sp³-hybridized carbons (Fsp3) is 0.500. The molecule has 5 nitrogen and oxygen atoms in total. The minimum Gasteiger partial charge on any atom is -0.378 e. The summed E-state index contributed by atoms with van der Waals surface area (Å²) in [6.45, 7) is 0. The Morgan fingerprint density at radius 3 is 2.80 bits per heavy atom. The predicted octanol–water partition coefficient (Wildman–Crippen LogP) is -0.0649. The van der Waals surface area contributed by atoms with Crippen LogP contribution >= 0.6 is 11.8 Å². The van der Waals surface area contributed by atoms with Crippen LogP contribution in [0.2, 0.25) is 0 Å². The van der Waals surface area contributed by atoms with Gasteiger partial charge in [0.1, 0.15) is 0 Å². The van der Waals surface area contributed by atoms with E-state index in [-0.39, 0.29) is 5.17 Å². The number of nitrogens with one attached hydrogen (secondary N) is 1. The number of nitrogens with two attached hydrogens (primary N) is 1. The van der Waals surface area contributed by atoms with Crippen molar-refractivity contribution in [2.24, 2.45) is 10.7 Å². The summed E-state index contributed by atoms with van der Waals surface area (Å²) in [5.74, 6) is 0. The van der Waals surface area contributed by atoms with E-state index in [1.165, 1.54) is 18.9 Å². The van der Waals surface area contributed by atoms with Gasteiger partial charge in [0.2, 0.25) is 0 Å². The highest BCUT2D eigenvalue weighted by Gasteiger charge is 1.95. The Balaban J connectivity index is 3.75. The van der Waals surface area contributed by atoms with Gasteiger partial charge < -0.3 is 5.73 Å². The van der Waals surface area contributed by atoms with Crippen LogP contribution in [0.25, 0.3) is 0 Å². The standard InChI is InChI=1S/C4H9N3O2S/c1-9-7-4(8)6-3(5)10-2/h1-2H3,(H3,5,6,7,8). The van der Waals surface area contributed by atoms with E-state index < -0.39 is 6.03 Å². The molecule has 0 aromatic heterocycles. The average molecular weight is 163 g/mol. The van der Waals surface area contributed by atoms with Gasteiger partial charge in [-0.3, -0.25) is 4.84 Å². The molecule has 0 bridgehead atoms. The molecule has 2 amide bonds. The Hall–Kier alpha value is -0.750. The fourth-order valence-corrected chi connectivity index (χ4v) is 0.430. The maximum absolute atomic E-state index is 10.5. The Kier molecular flexibility index (Phi) is 4.69. The molecule has 6 heteroatoms. The van der Waals surface area contributed by atoms with Crippen LogP contribution in [-0.4, -0.2) is 24.6 Å². The molecule has 0 aliphatic carbocycles. The number of nitrogens with zero attached hydrogens (tertiary/aromatic N) is 1. The summed E-state index contributed by atoms with van der Waals surface area (Å²) >= 11 is 1.19. The van der Waals surface area contributed by atoms with Crippen molar-refractivity contribution in [2.75, 3.05) is 13.4 Å². The topological polar surface area (TPSA) is 76.7 Å². The van der Waals surface area contributed by atoms with Crippen LogP contribution in [-0.2, 0) is 4.84 Å². The molecule has 0 fully saturated rings. The molecule has 3 N–H and O–H groups in total. The van der Waals surface area contributed by atoms with Gasteiger partial charge in [-0.05, 0) is 6.26 Å². The monoisotopic (exact) mass is 163 g/mol. The van der Waals surface area contributed by atoms with E-state index in [4.69, 9.17) is 5.73 Å². The maximum Gasteiger partial charge on any atom is 0.367 e. The second kappa shape index (κ2) is 5.07. The first-order valence-corrected chi connectivity index (χ1v) is 3.64. The lowest BCUT2D eigenvalue weighted by Gasteiger charge is -1.95. The lowest BCUT2D eigenvalue weighted by molar-refractivity contribution is 0.112. The largest absolute Gasteiger partial charge is 0.378 e. The van der Waals surface area contributed by atoms with Gasteiger partial charge in [-0.1, -0.05) is 11.8 Å². The zero-order valence-corrected chi connectivity index (χ0v) is 6.57. The van der Waals surface area contributed by atoms with Gasteiger partial charge in [0.25, 0.3) is 0 Å². The van der Waals surface area contributed by atoms with Crippen molar-refractivity contribution < 1.29 is 9.63 Å². The smallest absolute Gasteiger partial charge is 0.367 e. The molecular formula is C4H9N3O2S. The number of hydrogen-bond acceptors (Lipinski definition) is 3. The van der Waals surface area contributed by atoms with Gasteiger partial charge in [-0.15, -0.1) is 0 Å². The third kappa shape index (κ3) is 4.16. The zero-order valence-electron chi connectivity index (χ0n) is 5.75. The number of carbonyl (C=O) groups is 1. The molecule has 0 aromatic carbocycles. The number of thioether (sulfide) groups is 1. The van der Waals surface area contributed by atoms with Gasteiger partial charge in [-0.25, -0.2) is 10.3 Å². The molecule has 10 heavy (non-hydrogen) atoms. The number of urea groups is 1. The molecule has 0 heterocycles. The van der Waals surface area contributed by atoms with Crippen LogP contribution in [0.3, 0.4) is 0 Å². The Morgan fingerprint density at radius 2 is 2.40 bits per heavy atom. The Morgan fingerprint density at radius 1 is 1.80 bits per heavy atom. The summed E-state index contributed by atoms with van der Waals surface area (Å²) in [6, 6.07) is -0.602. The zero-order chi connectivity index (χ0) is 7.98. The molecule has 0 unspecified atom stereocenters. The van der Waals surface area contributed by atoms with E-state index in [9.17, 15) is 4.79 Å². The predicted molar refractivity (Wildman–Crippen MR) is 40.7 cm³/mol. The molecule has 0 aliphatic rings. The summed E-state index contributed by atoms with van der Waals surface area (Å²) in [6.07, 6.45) is 1.72. The summed E-state index contributed by atoms with van der Waals surface area (Å²) in [7, 11) is 1.32. The van der Waals surface area contributed by atoms with Crippen molar-refractivity contribution in [1.82, 2.24) is 5.48 Å². The van der Waals surface area contributed by atoms with Gasteiger partial charge in [-0.2, -0.15) is 4.99 Å². The van der Waals surface area contributed by atoms with E-state index >= 15 is 0 Å². The van der Waals surface area contributed by atoms with Gasteiger partial charge in [0, 0.05) is 0 Å². The van der Waals surface area contributed by atoms with E-state index in [1.54, 1.807) is 6.26 Å². The highest BCUT2D eigenvalue weighted by molar-refractivity contribution is 8.13. The van der Waals surface area contributed by atoms with Crippen molar-refractivity contribution in [2.45, 2.75) is 0 Å². The van der Waals surface area contributed by atoms with E-state index in [0.717, 1.165) is 0 Å². The third-order valence-corrected chi connectivity index (χ3v) is 1.12. The van der Waals surface area contributed by atoms with E-state index in [2.05, 4.69) is 9.83 Å². The average Bonchev–Trinajstić information content (AvgIpc) is 1.88. The van der Waals surface area contributed by atoms with Crippen molar-refractivity contribution >= 4 is 23.0 Å². The molecule has 0 radical (unpaired) electrons. The quantitative estimate of drug-likeness (QED) is 0.322. The highest BCUT2D eigenvalue weighted by atomic mass is 32.2. The minimum absolute atomic E-state index is 0.203. The van der Waals surface area contributed by atoms with Gasteiger partial charge >= 0.3 is 6.03 Å². The molecule has 0 spiro atoms. The van der Waals surface area contributed by atoms with Crippen molar-refractivity contribution in [3.8, 4) is 0 Å². The normalized spacial score (nSPS) is 11.2. The molecular weight excluding hydrogens is 154 g/mol. The van der Waals surface area contributed by atoms with Crippen LogP contribution in [0.5, 0.6) is 0 Å². The summed E-state index contributed by atoms with van der Waals surface area (Å²) in [5.41, 5.74) is 7.19. The van der Waals surface area contributed by atoms with Crippen LogP contribution in [0.15, 0.2) is 4.99 Å². The first-order chi connectivity index (χ1) is 4.70. The number of aliphatic imine (C=N–C) groups is 1. The molecule has 0 aromatic rings. The summed E-state index contributed by atoms with van der Waals surface area (Å²) in [5, 5.41) is 0.203. The molecule has 0 saturated heterocycles. The number of amides is 2. The van der Waals surface area contributed by atoms with Crippen LogP contribution in [0, 0.1) is 0 Å². The van der Waals surface area contributed by atoms with Crippen molar-refractivity contribution in [1.29, 1.82) is 0 Å². The lowest BCUT2D eigenvalue weighted by Crippen LogP contribution is -2.20. The van der Waals surface area contributed by atoms with E-state index in [0.29, 0.717) is 0 Å². The number of carbonyl (C=O) groups excluding carboxylic acids is 1. The summed E-state index contributed by atoms with van der Waals surface area (Å²) < 4.78 is 0. The molecule has 0 aliphatic heterocycles. The molecule has 58 valence electrons. The Bertz CT molecular complexity index is 147. The third-order valence-electron chi connectivity index (χ3n) is 0.610. The number of amidine groups is 1. The first-order valence-electron chi connectivity index (χ1n) is 2.41. The van der Waals surface area contributed by atoms with Crippen LogP contribution in [0.4, 0.5) is 4.79 Å². The fourth-order valence-electron chi connectivity index (χ4n) is 0.256. The lowest BCUT2D eigenvalue weighted by atomic mass is 11.1. The van der Waals surface area contributed by atoms with Crippen LogP contribution < -0.4 is 11.2 Å². The molecule has 0 atom stereocenters. The van der Waals surface area contributed by atoms with Gasteiger partial charge in [0.15, 0.2) is 5.17 Å². The Labute approximate surface area is 63.0 Å².